The van der Waals surface area contributed by atoms with Crippen molar-refractivity contribution in [3.05, 3.63) is 46.9 Å². The Labute approximate surface area is 145 Å². The molecule has 5 nitrogen and oxygen atoms in total. The van der Waals surface area contributed by atoms with Crippen LogP contribution in [0.1, 0.15) is 0 Å². The van der Waals surface area contributed by atoms with E-state index >= 15 is 0 Å². The molecule has 2 aromatic carbocycles. The highest BCUT2D eigenvalue weighted by Gasteiger charge is 2.22. The zero-order valence-electron chi connectivity index (χ0n) is 11.7. The van der Waals surface area contributed by atoms with Crippen molar-refractivity contribution in [3.8, 4) is 11.4 Å². The van der Waals surface area contributed by atoms with Gasteiger partial charge in [-0.05, 0) is 30.4 Å². The summed E-state index contributed by atoms with van der Waals surface area (Å²) in [5, 5.41) is 10.0. The molecule has 7 heteroatoms. The van der Waals surface area contributed by atoms with Crippen LogP contribution in [0.2, 0.25) is 0 Å². The molecule has 1 aliphatic heterocycles. The molecule has 0 saturated heterocycles. The first kappa shape index (κ1) is 14.2. The van der Waals surface area contributed by atoms with Crippen molar-refractivity contribution in [1.82, 2.24) is 9.97 Å². The van der Waals surface area contributed by atoms with Crippen LogP contribution in [0, 0.1) is 0 Å². The van der Waals surface area contributed by atoms with Crippen molar-refractivity contribution in [1.29, 1.82) is 0 Å². The van der Waals surface area contributed by atoms with Crippen LogP contribution in [0.4, 0.5) is 5.69 Å². The molecule has 3 N–H and O–H groups in total. The summed E-state index contributed by atoms with van der Waals surface area (Å²) in [5.41, 5.74) is 9.61. The molecule has 2 aromatic rings. The molecule has 112 valence electrons. The number of fused-ring (bicyclic) bond motifs is 4. The van der Waals surface area contributed by atoms with Crippen LogP contribution >= 0.6 is 28.1 Å². The number of aromatic amines is 1. The van der Waals surface area contributed by atoms with E-state index in [4.69, 9.17) is 22.9 Å². The monoisotopic (exact) mass is 383 g/mol. The van der Waals surface area contributed by atoms with Gasteiger partial charge in [-0.2, -0.15) is 0 Å². The van der Waals surface area contributed by atoms with Crippen LogP contribution in [-0.4, -0.2) is 15.1 Å². The highest BCUT2D eigenvalue weighted by atomic mass is 79.9. The standard InChI is InChI=1S/C16H10BrN5S/c17-9-5-3-4-8-12(9)14(21-22-16(18)23)15-13(8)19-10-6-1-2-7-11(10)20-15/h1-7,20H,(H2,18,23). The summed E-state index contributed by atoms with van der Waals surface area (Å²) in [5.74, 6) is 0. The predicted molar refractivity (Wildman–Crippen MR) is 99.2 cm³/mol. The highest BCUT2D eigenvalue weighted by molar-refractivity contribution is 9.10. The van der Waals surface area contributed by atoms with Gasteiger partial charge in [-0.1, -0.05) is 40.2 Å². The van der Waals surface area contributed by atoms with Crippen LogP contribution in [-0.2, 0) is 0 Å². The van der Waals surface area contributed by atoms with Crippen molar-refractivity contribution >= 4 is 60.8 Å². The number of nitrogens with zero attached hydrogens (tertiary/aromatic N) is 3. The summed E-state index contributed by atoms with van der Waals surface area (Å²) in [6.07, 6.45) is 0. The molecule has 0 spiro atoms. The molecule has 0 unspecified atom stereocenters. The predicted octanol–water partition coefficient (Wildman–Crippen LogP) is 4.91. The summed E-state index contributed by atoms with van der Waals surface area (Å²) in [6, 6.07) is 13.8. The lowest BCUT2D eigenvalue weighted by Crippen LogP contribution is -2.01. The van der Waals surface area contributed by atoms with Gasteiger partial charge in [-0.15, -0.1) is 10.2 Å². The number of azo groups is 1. The van der Waals surface area contributed by atoms with Crippen molar-refractivity contribution in [2.75, 3.05) is 0 Å². The number of halogens is 1. The van der Waals surface area contributed by atoms with E-state index in [0.29, 0.717) is 5.69 Å². The second-order valence-corrected chi connectivity index (χ2v) is 6.30. The van der Waals surface area contributed by atoms with Gasteiger partial charge in [0, 0.05) is 15.2 Å². The lowest BCUT2D eigenvalue weighted by atomic mass is 10.2. The molecule has 0 radical (unpaired) electrons. The minimum atomic E-state index is -0.00620. The zero-order chi connectivity index (χ0) is 16.0. The molecule has 0 amide bonds. The van der Waals surface area contributed by atoms with Crippen LogP contribution in [0.5, 0.6) is 0 Å². The molecule has 0 atom stereocenters. The topological polar surface area (TPSA) is 79.4 Å². The second kappa shape index (κ2) is 5.36. The van der Waals surface area contributed by atoms with Crippen molar-refractivity contribution < 1.29 is 0 Å². The Morgan fingerprint density at radius 1 is 1.17 bits per heavy atom. The van der Waals surface area contributed by atoms with Gasteiger partial charge in [0.2, 0.25) is 5.11 Å². The van der Waals surface area contributed by atoms with Gasteiger partial charge >= 0.3 is 0 Å². The number of aromatic nitrogens is 2. The molecular formula is C16H10BrN5S. The first-order valence-corrected chi connectivity index (χ1v) is 8.05. The molecule has 2 aliphatic rings. The Morgan fingerprint density at radius 3 is 2.83 bits per heavy atom. The van der Waals surface area contributed by atoms with Crippen LogP contribution < -0.4 is 5.73 Å². The minimum absolute atomic E-state index is 0.00620. The Morgan fingerprint density at radius 2 is 2.00 bits per heavy atom. The largest absolute Gasteiger partial charge is 0.373 e. The van der Waals surface area contributed by atoms with Gasteiger partial charge in [0.15, 0.2) is 0 Å². The third-order valence-electron chi connectivity index (χ3n) is 3.62. The number of hydrogen-bond donors (Lipinski definition) is 2. The third-order valence-corrected chi connectivity index (χ3v) is 4.37. The number of thiocarbonyl (C=S) groups is 1. The molecule has 0 saturated carbocycles. The lowest BCUT2D eigenvalue weighted by molar-refractivity contribution is 1.25. The van der Waals surface area contributed by atoms with Gasteiger partial charge < -0.3 is 10.7 Å². The van der Waals surface area contributed by atoms with Crippen molar-refractivity contribution in [2.45, 2.75) is 0 Å². The molecule has 0 fully saturated rings. The van der Waals surface area contributed by atoms with Crippen molar-refractivity contribution in [3.63, 3.8) is 0 Å². The smallest absolute Gasteiger partial charge is 0.211 e. The highest BCUT2D eigenvalue weighted by Crippen LogP contribution is 2.46. The minimum Gasteiger partial charge on any atom is -0.373 e. The Hall–Kier alpha value is -2.38. The maximum absolute atomic E-state index is 5.46. The number of hydrogen-bond acceptors (Lipinski definition) is 3. The summed E-state index contributed by atoms with van der Waals surface area (Å²) in [6.45, 7) is 0. The van der Waals surface area contributed by atoms with E-state index in [1.165, 1.54) is 0 Å². The number of para-hydroxylation sites is 2. The molecule has 1 aliphatic carbocycles. The van der Waals surface area contributed by atoms with Gasteiger partial charge in [0.05, 0.1) is 22.4 Å². The van der Waals surface area contributed by atoms with E-state index in [1.54, 1.807) is 0 Å². The number of rotatable bonds is 1. The maximum atomic E-state index is 5.46. The average Bonchev–Trinajstić information content (AvgIpc) is 2.85. The number of nitrogens with two attached hydrogens (primary N) is 1. The molecular weight excluding hydrogens is 374 g/mol. The third kappa shape index (κ3) is 2.29. The first-order valence-electron chi connectivity index (χ1n) is 6.85. The van der Waals surface area contributed by atoms with Gasteiger partial charge in [-0.3, -0.25) is 0 Å². The molecule has 4 rings (SSSR count). The molecule has 0 bridgehead atoms. The Bertz CT molecular complexity index is 1070. The molecule has 1 heterocycles. The average molecular weight is 384 g/mol. The summed E-state index contributed by atoms with van der Waals surface area (Å²) in [7, 11) is 0. The van der Waals surface area contributed by atoms with E-state index in [1.807, 2.05) is 42.5 Å². The van der Waals surface area contributed by atoms with E-state index in [9.17, 15) is 0 Å². The summed E-state index contributed by atoms with van der Waals surface area (Å²) >= 11 is 8.38. The lowest BCUT2D eigenvalue weighted by Gasteiger charge is -2.04. The first-order chi connectivity index (χ1) is 11.1. The molecule has 23 heavy (non-hydrogen) atoms. The van der Waals surface area contributed by atoms with Gasteiger partial charge in [0.1, 0.15) is 5.69 Å². The summed E-state index contributed by atoms with van der Waals surface area (Å²) < 4.78 is 0.919. The van der Waals surface area contributed by atoms with Gasteiger partial charge in [-0.25, -0.2) is 4.98 Å². The van der Waals surface area contributed by atoms with E-state index < -0.39 is 0 Å². The fraction of sp³-hybridized carbons (Fsp3) is 0. The quantitative estimate of drug-likeness (QED) is 0.362. The number of H-pyrrole nitrogens is 1. The van der Waals surface area contributed by atoms with Crippen molar-refractivity contribution in [2.24, 2.45) is 16.0 Å². The number of nitrogens with one attached hydrogen (secondary N) is 1. The van der Waals surface area contributed by atoms with Gasteiger partial charge in [0.25, 0.3) is 0 Å². The Kier molecular flexibility index (Phi) is 3.32. The SMILES string of the molecule is NC(=S)N=Nc1c2[nH]c3ccccc3nc-2c2cccc(Br)c12. The summed E-state index contributed by atoms with van der Waals surface area (Å²) in [4.78, 5) is 8.17. The fourth-order valence-electron chi connectivity index (χ4n) is 2.70. The van der Waals surface area contributed by atoms with E-state index in [0.717, 1.165) is 37.7 Å². The Balaban J connectivity index is 2.18. The number of benzene rings is 2. The second-order valence-electron chi connectivity index (χ2n) is 5.03. The van der Waals surface area contributed by atoms with Crippen LogP contribution in [0.15, 0.2) is 57.2 Å². The zero-order valence-corrected chi connectivity index (χ0v) is 14.1. The van der Waals surface area contributed by atoms with Crippen LogP contribution in [0.3, 0.4) is 0 Å². The van der Waals surface area contributed by atoms with E-state index in [2.05, 4.69) is 31.1 Å². The normalized spacial score (nSPS) is 11.9. The maximum Gasteiger partial charge on any atom is 0.211 e. The van der Waals surface area contributed by atoms with E-state index in [-0.39, 0.29) is 5.11 Å². The molecule has 0 aromatic heterocycles. The van der Waals surface area contributed by atoms with Crippen LogP contribution in [0.25, 0.3) is 33.2 Å². The fourth-order valence-corrected chi connectivity index (χ4v) is 3.29.